The van der Waals surface area contributed by atoms with Crippen molar-refractivity contribution in [1.82, 2.24) is 0 Å². The van der Waals surface area contributed by atoms with Crippen LogP contribution in [0.1, 0.15) is 45.9 Å². The van der Waals surface area contributed by atoms with Crippen LogP contribution in [-0.4, -0.2) is 0 Å². The van der Waals surface area contributed by atoms with Crippen LogP contribution in [-0.2, 0) is 0 Å². The summed E-state index contributed by atoms with van der Waals surface area (Å²) in [6.07, 6.45) is 8.54. The molecule has 0 N–H and O–H groups in total. The lowest BCUT2D eigenvalue weighted by molar-refractivity contribution is 1.36. The highest BCUT2D eigenvalue weighted by atomic mass is 14.2. The number of allylic oxidation sites excluding steroid dienone is 4. The van der Waals surface area contributed by atoms with Crippen LogP contribution in [0, 0.1) is 32.1 Å². The molecule has 1 nitrogen and oxygen atoms in total. The highest BCUT2D eigenvalue weighted by molar-refractivity contribution is 5.88. The second-order valence-corrected chi connectivity index (χ2v) is 11.3. The van der Waals surface area contributed by atoms with Gasteiger partial charge in [-0.3, -0.25) is 0 Å². The van der Waals surface area contributed by atoms with Crippen molar-refractivity contribution in [3.63, 3.8) is 0 Å². The molecule has 1 heteroatoms. The van der Waals surface area contributed by atoms with Gasteiger partial charge in [-0.25, -0.2) is 0 Å². The number of nitrogens with zero attached hydrogens (tertiary/aromatic N) is 1. The van der Waals surface area contributed by atoms with E-state index in [2.05, 4.69) is 132 Å². The summed E-state index contributed by atoms with van der Waals surface area (Å²) in [6.45, 7) is 17.2. The van der Waals surface area contributed by atoms with E-state index in [9.17, 15) is 5.26 Å². The fraction of sp³-hybridized carbons (Fsp3) is 0.0930. The summed E-state index contributed by atoms with van der Waals surface area (Å²) in [5.74, 6) is 0. The van der Waals surface area contributed by atoms with Crippen molar-refractivity contribution >= 4 is 29.9 Å². The van der Waals surface area contributed by atoms with Crippen LogP contribution < -0.4 is 10.4 Å². The van der Waals surface area contributed by atoms with E-state index in [1.54, 1.807) is 0 Å². The molecule has 0 bridgehead atoms. The minimum absolute atomic E-state index is 0.666. The molecular formula is C43H37N. The molecule has 0 aliphatic heterocycles. The predicted molar refractivity (Wildman–Crippen MR) is 190 cm³/mol. The first-order valence-corrected chi connectivity index (χ1v) is 14.9. The first kappa shape index (κ1) is 30.0. The standard InChI is InChI=1S/C43H37N/c1-29(36-12-8-7-9-13-36)15-20-37-25-26-38(34(6)33(37)5)21-16-30(2)40-22-17-31(3)42(27-40)43-32(4)11-10-14-41(43)39-23-18-35(28-44)19-24-39/h7-27H,1,6H2,2-5H3/b20-15-,30-16+,38-21-. The maximum absolute atomic E-state index is 9.26. The number of nitriles is 1. The van der Waals surface area contributed by atoms with E-state index < -0.39 is 0 Å². The average molecular weight is 568 g/mol. The van der Waals surface area contributed by atoms with E-state index in [1.807, 2.05) is 42.5 Å². The van der Waals surface area contributed by atoms with Crippen molar-refractivity contribution in [1.29, 1.82) is 5.26 Å². The van der Waals surface area contributed by atoms with E-state index in [0.29, 0.717) is 5.56 Å². The average Bonchev–Trinajstić information content (AvgIpc) is 3.05. The number of aryl methyl sites for hydroxylation is 2. The molecule has 0 aliphatic rings. The lowest BCUT2D eigenvalue weighted by Crippen LogP contribution is -2.26. The third-order valence-corrected chi connectivity index (χ3v) is 8.36. The Hall–Kier alpha value is -5.45. The molecule has 0 radical (unpaired) electrons. The van der Waals surface area contributed by atoms with Gasteiger partial charge in [0, 0.05) is 0 Å². The van der Waals surface area contributed by atoms with E-state index in [-0.39, 0.29) is 0 Å². The third-order valence-electron chi connectivity index (χ3n) is 8.36. The van der Waals surface area contributed by atoms with Crippen molar-refractivity contribution < 1.29 is 0 Å². The quantitative estimate of drug-likeness (QED) is 0.180. The van der Waals surface area contributed by atoms with Gasteiger partial charge in [0.1, 0.15) is 0 Å². The molecule has 0 amide bonds. The second-order valence-electron chi connectivity index (χ2n) is 11.3. The molecule has 0 aliphatic carbocycles. The van der Waals surface area contributed by atoms with Gasteiger partial charge in [-0.2, -0.15) is 5.26 Å². The highest BCUT2D eigenvalue weighted by Gasteiger charge is 2.13. The molecule has 0 spiro atoms. The molecule has 0 saturated heterocycles. The summed E-state index contributed by atoms with van der Waals surface area (Å²) in [4.78, 5) is 0. The lowest BCUT2D eigenvalue weighted by Gasteiger charge is -2.17. The number of hydrogen-bond donors (Lipinski definition) is 0. The molecule has 44 heavy (non-hydrogen) atoms. The Bertz CT molecular complexity index is 2060. The van der Waals surface area contributed by atoms with Gasteiger partial charge >= 0.3 is 0 Å². The molecule has 0 unspecified atom stereocenters. The van der Waals surface area contributed by atoms with Crippen LogP contribution in [0.5, 0.6) is 0 Å². The molecule has 5 aromatic rings. The summed E-state index contributed by atoms with van der Waals surface area (Å²) in [6, 6.07) is 37.7. The minimum atomic E-state index is 0.666. The van der Waals surface area contributed by atoms with E-state index in [1.165, 1.54) is 39.0 Å². The van der Waals surface area contributed by atoms with Gasteiger partial charge in [0.2, 0.25) is 0 Å². The number of benzene rings is 5. The predicted octanol–water partition coefficient (Wildman–Crippen LogP) is 9.84. The van der Waals surface area contributed by atoms with Gasteiger partial charge in [-0.05, 0) is 123 Å². The lowest BCUT2D eigenvalue weighted by atomic mass is 9.87. The Morgan fingerprint density at radius 2 is 1.50 bits per heavy atom. The first-order chi connectivity index (χ1) is 21.3. The number of hydrogen-bond acceptors (Lipinski definition) is 1. The fourth-order valence-corrected chi connectivity index (χ4v) is 5.51. The molecule has 0 saturated carbocycles. The topological polar surface area (TPSA) is 23.8 Å². The minimum Gasteiger partial charge on any atom is -0.192 e. The SMILES string of the molecule is C=C(/C=C\c1cc/c(=C/C=C(\C)c2ccc(C)c(-c3c(C)cccc3-c3ccc(C#N)cc3)c2)c(=C)c1C)c1ccccc1. The summed E-state index contributed by atoms with van der Waals surface area (Å²) in [5, 5.41) is 11.4. The van der Waals surface area contributed by atoms with Crippen molar-refractivity contribution in [2.24, 2.45) is 0 Å². The molecule has 0 atom stereocenters. The Labute approximate surface area is 261 Å². The molecule has 0 fully saturated rings. The molecule has 5 rings (SSSR count). The van der Waals surface area contributed by atoms with E-state index >= 15 is 0 Å². The zero-order valence-corrected chi connectivity index (χ0v) is 26.0. The maximum Gasteiger partial charge on any atom is 0.0991 e. The van der Waals surface area contributed by atoms with Crippen LogP contribution in [0.25, 0.3) is 52.1 Å². The molecular weight excluding hydrogens is 530 g/mol. The number of rotatable bonds is 7. The van der Waals surface area contributed by atoms with Crippen LogP contribution in [0.3, 0.4) is 0 Å². The van der Waals surface area contributed by atoms with Crippen molar-refractivity contribution in [3.8, 4) is 28.3 Å². The van der Waals surface area contributed by atoms with Gasteiger partial charge in [-0.1, -0.05) is 122 Å². The summed E-state index contributed by atoms with van der Waals surface area (Å²) >= 11 is 0. The Morgan fingerprint density at radius 1 is 0.750 bits per heavy atom. The first-order valence-electron chi connectivity index (χ1n) is 14.9. The van der Waals surface area contributed by atoms with Crippen molar-refractivity contribution in [3.05, 3.63) is 171 Å². The second kappa shape index (κ2) is 13.2. The van der Waals surface area contributed by atoms with Crippen LogP contribution in [0.2, 0.25) is 0 Å². The Kier molecular flexibility index (Phi) is 9.03. The summed E-state index contributed by atoms with van der Waals surface area (Å²) < 4.78 is 0. The highest BCUT2D eigenvalue weighted by Crippen LogP contribution is 2.37. The van der Waals surface area contributed by atoms with E-state index in [0.717, 1.165) is 38.3 Å². The zero-order chi connectivity index (χ0) is 31.2. The summed E-state index contributed by atoms with van der Waals surface area (Å²) in [5.41, 5.74) is 14.6. The van der Waals surface area contributed by atoms with Gasteiger partial charge in [0.05, 0.1) is 11.6 Å². The molecule has 0 heterocycles. The van der Waals surface area contributed by atoms with Crippen molar-refractivity contribution in [2.45, 2.75) is 27.7 Å². The third kappa shape index (κ3) is 6.46. The fourth-order valence-electron chi connectivity index (χ4n) is 5.51. The zero-order valence-electron chi connectivity index (χ0n) is 26.0. The maximum atomic E-state index is 9.26. The Balaban J connectivity index is 1.47. The Morgan fingerprint density at radius 3 is 2.23 bits per heavy atom. The normalized spacial score (nSPS) is 12.0. The molecule has 5 aromatic carbocycles. The van der Waals surface area contributed by atoms with Crippen LogP contribution in [0.4, 0.5) is 0 Å². The van der Waals surface area contributed by atoms with Gasteiger partial charge in [0.15, 0.2) is 0 Å². The molecule has 0 aromatic heterocycles. The monoisotopic (exact) mass is 567 g/mol. The van der Waals surface area contributed by atoms with Gasteiger partial charge in [-0.15, -0.1) is 0 Å². The van der Waals surface area contributed by atoms with Crippen molar-refractivity contribution in [2.75, 3.05) is 0 Å². The van der Waals surface area contributed by atoms with Crippen LogP contribution in [0.15, 0.2) is 122 Å². The van der Waals surface area contributed by atoms with Gasteiger partial charge < -0.3 is 0 Å². The molecule has 214 valence electrons. The van der Waals surface area contributed by atoms with Gasteiger partial charge in [0.25, 0.3) is 0 Å². The van der Waals surface area contributed by atoms with Crippen LogP contribution >= 0.6 is 0 Å². The van der Waals surface area contributed by atoms with E-state index in [4.69, 9.17) is 0 Å². The smallest absolute Gasteiger partial charge is 0.0991 e. The summed E-state index contributed by atoms with van der Waals surface area (Å²) in [7, 11) is 0. The largest absolute Gasteiger partial charge is 0.192 e.